The number of benzene rings is 1. The van der Waals surface area contributed by atoms with Gasteiger partial charge in [0.1, 0.15) is 6.04 Å². The van der Waals surface area contributed by atoms with Gasteiger partial charge in [-0.1, -0.05) is 25.1 Å². The third kappa shape index (κ3) is 4.23. The number of amides is 1. The van der Waals surface area contributed by atoms with Gasteiger partial charge in [0, 0.05) is 26.2 Å². The van der Waals surface area contributed by atoms with Gasteiger partial charge in [-0.05, 0) is 25.6 Å². The first kappa shape index (κ1) is 17.7. The minimum absolute atomic E-state index is 0.143. The molecular weight excluding hydrogens is 314 g/mol. The van der Waals surface area contributed by atoms with Crippen LogP contribution in [0.4, 0.5) is 5.69 Å². The van der Waals surface area contributed by atoms with Gasteiger partial charge in [0.15, 0.2) is 0 Å². The zero-order valence-electron chi connectivity index (χ0n) is 14.0. The van der Waals surface area contributed by atoms with Crippen molar-refractivity contribution in [2.75, 3.05) is 43.3 Å². The molecule has 7 heteroatoms. The number of nitrogens with zero attached hydrogens (tertiary/aromatic N) is 3. The van der Waals surface area contributed by atoms with Crippen LogP contribution >= 0.6 is 0 Å². The summed E-state index contributed by atoms with van der Waals surface area (Å²) in [6.45, 7) is 7.67. The molecular formula is C16H25N3O3S. The van der Waals surface area contributed by atoms with Crippen LogP contribution in [0.2, 0.25) is 0 Å². The molecule has 0 radical (unpaired) electrons. The summed E-state index contributed by atoms with van der Waals surface area (Å²) in [5, 5.41) is 0. The van der Waals surface area contributed by atoms with E-state index in [2.05, 4.69) is 11.8 Å². The lowest BCUT2D eigenvalue weighted by molar-refractivity contribution is -0.133. The number of anilines is 1. The molecule has 128 valence electrons. The largest absolute Gasteiger partial charge is 0.338 e. The smallest absolute Gasteiger partial charge is 0.246 e. The molecule has 0 spiro atoms. The van der Waals surface area contributed by atoms with E-state index in [-0.39, 0.29) is 5.91 Å². The van der Waals surface area contributed by atoms with E-state index in [0.29, 0.717) is 18.8 Å². The Kier molecular flexibility index (Phi) is 5.64. The summed E-state index contributed by atoms with van der Waals surface area (Å²) in [6.07, 6.45) is 1.14. The normalized spacial score (nSPS) is 17.8. The molecule has 0 aliphatic carbocycles. The third-order valence-corrected chi connectivity index (χ3v) is 5.45. The molecule has 1 aliphatic rings. The highest BCUT2D eigenvalue weighted by Gasteiger charge is 2.33. The zero-order valence-corrected chi connectivity index (χ0v) is 14.8. The molecule has 1 atom stereocenters. The number of sulfonamides is 1. The van der Waals surface area contributed by atoms with Gasteiger partial charge < -0.3 is 9.80 Å². The molecule has 1 aromatic rings. The fraction of sp³-hybridized carbons (Fsp3) is 0.562. The lowest BCUT2D eigenvalue weighted by atomic mass is 10.2. The van der Waals surface area contributed by atoms with E-state index in [1.54, 1.807) is 36.1 Å². The number of hydrogen-bond acceptors (Lipinski definition) is 4. The predicted molar refractivity (Wildman–Crippen MR) is 91.9 cm³/mol. The van der Waals surface area contributed by atoms with Gasteiger partial charge in [-0.15, -0.1) is 0 Å². The van der Waals surface area contributed by atoms with Crippen molar-refractivity contribution in [3.8, 4) is 0 Å². The molecule has 1 aliphatic heterocycles. The average molecular weight is 339 g/mol. The van der Waals surface area contributed by atoms with Gasteiger partial charge in [0.2, 0.25) is 15.9 Å². The van der Waals surface area contributed by atoms with Crippen LogP contribution in [-0.2, 0) is 14.8 Å². The Balaban J connectivity index is 2.18. The standard InChI is InChI=1S/C16H25N3O3S/c1-4-17-10-12-18(13-11-17)16(20)14(2)19(23(3,21)22)15-8-6-5-7-9-15/h5-9,14H,4,10-13H2,1-3H3/t14-/m1/s1. The molecule has 0 N–H and O–H groups in total. The number of likely N-dealkylation sites (N-methyl/N-ethyl adjacent to an activating group) is 1. The van der Waals surface area contributed by atoms with Gasteiger partial charge in [0.25, 0.3) is 0 Å². The number of rotatable bonds is 5. The summed E-state index contributed by atoms with van der Waals surface area (Å²) in [5.41, 5.74) is 0.517. The summed E-state index contributed by atoms with van der Waals surface area (Å²) in [7, 11) is -3.54. The average Bonchev–Trinajstić information content (AvgIpc) is 2.54. The second-order valence-corrected chi connectivity index (χ2v) is 7.69. The Labute approximate surface area is 138 Å². The van der Waals surface area contributed by atoms with Crippen LogP contribution in [0.25, 0.3) is 0 Å². The van der Waals surface area contributed by atoms with Crippen molar-refractivity contribution in [2.45, 2.75) is 19.9 Å². The Morgan fingerprint density at radius 1 is 1.17 bits per heavy atom. The van der Waals surface area contributed by atoms with E-state index >= 15 is 0 Å². The van der Waals surface area contributed by atoms with Gasteiger partial charge in [-0.3, -0.25) is 9.10 Å². The molecule has 1 aromatic carbocycles. The van der Waals surface area contributed by atoms with Gasteiger partial charge in [-0.25, -0.2) is 8.42 Å². The van der Waals surface area contributed by atoms with Crippen LogP contribution < -0.4 is 4.31 Å². The van der Waals surface area contributed by atoms with Crippen molar-refractivity contribution in [1.29, 1.82) is 0 Å². The molecule has 0 aromatic heterocycles. The third-order valence-electron chi connectivity index (χ3n) is 4.21. The molecule has 1 saturated heterocycles. The van der Waals surface area contributed by atoms with E-state index in [1.807, 2.05) is 6.07 Å². The lowest BCUT2D eigenvalue weighted by Crippen LogP contribution is -2.55. The second kappa shape index (κ2) is 7.31. The minimum Gasteiger partial charge on any atom is -0.338 e. The monoisotopic (exact) mass is 339 g/mol. The summed E-state index contributed by atoms with van der Waals surface area (Å²) in [5.74, 6) is -0.143. The van der Waals surface area contributed by atoms with Crippen LogP contribution in [0.5, 0.6) is 0 Å². The van der Waals surface area contributed by atoms with E-state index in [1.165, 1.54) is 4.31 Å². The first-order valence-corrected chi connectivity index (χ1v) is 9.75. The van der Waals surface area contributed by atoms with E-state index in [9.17, 15) is 13.2 Å². The highest BCUT2D eigenvalue weighted by molar-refractivity contribution is 7.92. The fourth-order valence-electron chi connectivity index (χ4n) is 2.93. The van der Waals surface area contributed by atoms with Crippen molar-refractivity contribution in [1.82, 2.24) is 9.80 Å². The van der Waals surface area contributed by atoms with Crippen molar-refractivity contribution in [2.24, 2.45) is 0 Å². The molecule has 1 fully saturated rings. The topological polar surface area (TPSA) is 60.9 Å². The molecule has 23 heavy (non-hydrogen) atoms. The number of piperazine rings is 1. The molecule has 0 unspecified atom stereocenters. The fourth-order valence-corrected chi connectivity index (χ4v) is 4.10. The molecule has 0 saturated carbocycles. The highest BCUT2D eigenvalue weighted by Crippen LogP contribution is 2.21. The van der Waals surface area contributed by atoms with Crippen molar-refractivity contribution in [3.63, 3.8) is 0 Å². The van der Waals surface area contributed by atoms with Crippen molar-refractivity contribution in [3.05, 3.63) is 30.3 Å². The van der Waals surface area contributed by atoms with Gasteiger partial charge in [0.05, 0.1) is 11.9 Å². The molecule has 2 rings (SSSR count). The van der Waals surface area contributed by atoms with Crippen LogP contribution in [0.3, 0.4) is 0 Å². The maximum atomic E-state index is 12.8. The van der Waals surface area contributed by atoms with Crippen molar-refractivity contribution < 1.29 is 13.2 Å². The van der Waals surface area contributed by atoms with E-state index in [4.69, 9.17) is 0 Å². The summed E-state index contributed by atoms with van der Waals surface area (Å²) < 4.78 is 25.6. The van der Waals surface area contributed by atoms with Crippen LogP contribution in [-0.4, -0.2) is 69.1 Å². The Hall–Kier alpha value is -1.60. The second-order valence-electron chi connectivity index (χ2n) is 5.83. The minimum atomic E-state index is -3.54. The number of carbonyl (C=O) groups excluding carboxylic acids is 1. The highest BCUT2D eigenvalue weighted by atomic mass is 32.2. The van der Waals surface area contributed by atoms with Crippen molar-refractivity contribution >= 4 is 21.6 Å². The maximum absolute atomic E-state index is 12.8. The van der Waals surface area contributed by atoms with Gasteiger partial charge >= 0.3 is 0 Å². The molecule has 1 heterocycles. The van der Waals surface area contributed by atoms with Crippen LogP contribution in [0.1, 0.15) is 13.8 Å². The molecule has 1 amide bonds. The summed E-state index contributed by atoms with van der Waals surface area (Å²) in [6, 6.07) is 8.02. The SMILES string of the molecule is CCN1CCN(C(=O)[C@@H](C)N(c2ccccc2)S(C)(=O)=O)CC1. The predicted octanol–water partition coefficient (Wildman–Crippen LogP) is 1.01. The summed E-state index contributed by atoms with van der Waals surface area (Å²) in [4.78, 5) is 16.8. The van der Waals surface area contributed by atoms with Gasteiger partial charge in [-0.2, -0.15) is 0 Å². The Morgan fingerprint density at radius 3 is 2.22 bits per heavy atom. The molecule has 0 bridgehead atoms. The van der Waals surface area contributed by atoms with Crippen LogP contribution in [0, 0.1) is 0 Å². The Morgan fingerprint density at radius 2 is 1.74 bits per heavy atom. The first-order valence-electron chi connectivity index (χ1n) is 7.90. The van der Waals surface area contributed by atoms with Crippen LogP contribution in [0.15, 0.2) is 30.3 Å². The zero-order chi connectivity index (χ0) is 17.0. The Bertz CT molecular complexity index is 625. The summed E-state index contributed by atoms with van der Waals surface area (Å²) >= 11 is 0. The number of hydrogen-bond donors (Lipinski definition) is 0. The quantitative estimate of drug-likeness (QED) is 0.803. The maximum Gasteiger partial charge on any atom is 0.246 e. The number of para-hydroxylation sites is 1. The first-order chi connectivity index (χ1) is 10.8. The van der Waals surface area contributed by atoms with E-state index < -0.39 is 16.1 Å². The molecule has 6 nitrogen and oxygen atoms in total. The lowest BCUT2D eigenvalue weighted by Gasteiger charge is -2.37. The number of carbonyl (C=O) groups is 1. The van der Waals surface area contributed by atoms with E-state index in [0.717, 1.165) is 25.9 Å².